The maximum Gasteiger partial charge on any atom is 0.221 e. The summed E-state index contributed by atoms with van der Waals surface area (Å²) in [7, 11) is 0. The lowest BCUT2D eigenvalue weighted by atomic mass is 10.0. The van der Waals surface area contributed by atoms with Crippen molar-refractivity contribution in [3.63, 3.8) is 0 Å². The number of nitrogens with zero attached hydrogens (tertiary/aromatic N) is 3. The van der Waals surface area contributed by atoms with E-state index in [1.165, 1.54) is 19.3 Å². The average Bonchev–Trinajstić information content (AvgIpc) is 2.67. The van der Waals surface area contributed by atoms with E-state index in [0.29, 0.717) is 5.95 Å². The molecular formula is C11H18N4. The van der Waals surface area contributed by atoms with E-state index >= 15 is 0 Å². The van der Waals surface area contributed by atoms with Crippen LogP contribution in [0, 0.1) is 5.92 Å². The predicted octanol–water partition coefficient (Wildman–Crippen LogP) is 1.69. The number of aromatic nitrogens is 2. The fourth-order valence-electron chi connectivity index (χ4n) is 2.22. The first-order chi connectivity index (χ1) is 7.29. The van der Waals surface area contributed by atoms with Crippen LogP contribution in [0.25, 0.3) is 0 Å². The Bertz CT molecular complexity index is 326. The summed E-state index contributed by atoms with van der Waals surface area (Å²) < 4.78 is 0. The number of nitrogens with two attached hydrogens (primary N) is 1. The van der Waals surface area contributed by atoms with Crippen molar-refractivity contribution in [1.82, 2.24) is 9.97 Å². The fraction of sp³-hybridized carbons (Fsp3) is 0.636. The summed E-state index contributed by atoms with van der Waals surface area (Å²) in [4.78, 5) is 10.5. The molecule has 1 unspecified atom stereocenters. The SMILES string of the molecule is CCCC1CCN(c2ccnc(N)n2)C1. The van der Waals surface area contributed by atoms with Crippen LogP contribution >= 0.6 is 0 Å². The van der Waals surface area contributed by atoms with Gasteiger partial charge in [0.25, 0.3) is 0 Å². The molecule has 0 radical (unpaired) electrons. The molecule has 1 aliphatic rings. The van der Waals surface area contributed by atoms with Crippen LogP contribution in [-0.2, 0) is 0 Å². The molecule has 2 heterocycles. The lowest BCUT2D eigenvalue weighted by Gasteiger charge is -2.17. The smallest absolute Gasteiger partial charge is 0.221 e. The number of anilines is 2. The molecule has 1 saturated heterocycles. The quantitative estimate of drug-likeness (QED) is 0.817. The second-order valence-corrected chi connectivity index (χ2v) is 4.16. The Morgan fingerprint density at radius 1 is 1.60 bits per heavy atom. The summed E-state index contributed by atoms with van der Waals surface area (Å²) in [5, 5.41) is 0. The van der Waals surface area contributed by atoms with Gasteiger partial charge in [0.05, 0.1) is 0 Å². The first-order valence-corrected chi connectivity index (χ1v) is 5.63. The van der Waals surface area contributed by atoms with Crippen molar-refractivity contribution in [3.05, 3.63) is 12.3 Å². The van der Waals surface area contributed by atoms with Crippen LogP contribution in [0.4, 0.5) is 11.8 Å². The standard InChI is InChI=1S/C11H18N4/c1-2-3-9-5-7-15(8-9)10-4-6-13-11(12)14-10/h4,6,9H,2-3,5,7-8H2,1H3,(H2,12,13,14). The van der Waals surface area contributed by atoms with E-state index in [1.807, 2.05) is 6.07 Å². The van der Waals surface area contributed by atoms with Crippen molar-refractivity contribution in [1.29, 1.82) is 0 Å². The molecule has 0 aromatic carbocycles. The minimum atomic E-state index is 0.367. The highest BCUT2D eigenvalue weighted by molar-refractivity contribution is 5.41. The molecule has 0 aliphatic carbocycles. The van der Waals surface area contributed by atoms with Gasteiger partial charge in [-0.25, -0.2) is 4.98 Å². The molecule has 1 aromatic heterocycles. The predicted molar refractivity (Wildman–Crippen MR) is 61.7 cm³/mol. The maximum absolute atomic E-state index is 5.57. The molecule has 0 spiro atoms. The highest BCUT2D eigenvalue weighted by atomic mass is 15.2. The van der Waals surface area contributed by atoms with Gasteiger partial charge in [-0.3, -0.25) is 0 Å². The molecule has 0 amide bonds. The zero-order valence-electron chi connectivity index (χ0n) is 9.19. The van der Waals surface area contributed by atoms with Crippen molar-refractivity contribution in [3.8, 4) is 0 Å². The summed E-state index contributed by atoms with van der Waals surface area (Å²) >= 11 is 0. The third-order valence-electron chi connectivity index (χ3n) is 2.97. The molecule has 4 nitrogen and oxygen atoms in total. The zero-order valence-corrected chi connectivity index (χ0v) is 9.19. The number of hydrogen-bond acceptors (Lipinski definition) is 4. The van der Waals surface area contributed by atoms with Gasteiger partial charge >= 0.3 is 0 Å². The van der Waals surface area contributed by atoms with Gasteiger partial charge in [0.1, 0.15) is 5.82 Å². The maximum atomic E-state index is 5.57. The number of rotatable bonds is 3. The molecule has 0 saturated carbocycles. The summed E-state index contributed by atoms with van der Waals surface area (Å²) in [6.07, 6.45) is 5.59. The lowest BCUT2D eigenvalue weighted by Crippen LogP contribution is -2.21. The molecule has 1 aromatic rings. The van der Waals surface area contributed by atoms with Crippen molar-refractivity contribution < 1.29 is 0 Å². The zero-order chi connectivity index (χ0) is 10.7. The Labute approximate surface area is 90.5 Å². The van der Waals surface area contributed by atoms with Gasteiger partial charge in [-0.15, -0.1) is 0 Å². The number of hydrogen-bond donors (Lipinski definition) is 1. The van der Waals surface area contributed by atoms with Gasteiger partial charge in [0.2, 0.25) is 5.95 Å². The van der Waals surface area contributed by atoms with Gasteiger partial charge in [-0.1, -0.05) is 13.3 Å². The molecule has 0 bridgehead atoms. The first kappa shape index (κ1) is 10.2. The van der Waals surface area contributed by atoms with Crippen LogP contribution in [0.2, 0.25) is 0 Å². The van der Waals surface area contributed by atoms with Crippen molar-refractivity contribution in [2.24, 2.45) is 5.92 Å². The fourth-order valence-corrected chi connectivity index (χ4v) is 2.22. The van der Waals surface area contributed by atoms with Crippen molar-refractivity contribution >= 4 is 11.8 Å². The van der Waals surface area contributed by atoms with Crippen LogP contribution in [0.5, 0.6) is 0 Å². The summed E-state index contributed by atoms with van der Waals surface area (Å²) in [6, 6.07) is 1.94. The van der Waals surface area contributed by atoms with Gasteiger partial charge in [0.15, 0.2) is 0 Å². The Balaban J connectivity index is 2.01. The number of nitrogen functional groups attached to an aromatic ring is 1. The molecule has 82 valence electrons. The average molecular weight is 206 g/mol. The second kappa shape index (κ2) is 4.47. The first-order valence-electron chi connectivity index (χ1n) is 5.63. The molecule has 1 aliphatic heterocycles. The highest BCUT2D eigenvalue weighted by Crippen LogP contribution is 2.24. The summed E-state index contributed by atoms with van der Waals surface area (Å²) in [6.45, 7) is 4.46. The van der Waals surface area contributed by atoms with Crippen LogP contribution in [-0.4, -0.2) is 23.1 Å². The molecule has 1 atom stereocenters. The summed E-state index contributed by atoms with van der Waals surface area (Å²) in [5.41, 5.74) is 5.57. The normalized spacial score (nSPS) is 20.9. The topological polar surface area (TPSA) is 55.0 Å². The van der Waals surface area contributed by atoms with Crippen LogP contribution in [0.1, 0.15) is 26.2 Å². The molecule has 2 rings (SSSR count). The Hall–Kier alpha value is -1.32. The Morgan fingerprint density at radius 2 is 2.47 bits per heavy atom. The van der Waals surface area contributed by atoms with Crippen LogP contribution < -0.4 is 10.6 Å². The van der Waals surface area contributed by atoms with E-state index < -0.39 is 0 Å². The van der Waals surface area contributed by atoms with Crippen LogP contribution in [0.3, 0.4) is 0 Å². The second-order valence-electron chi connectivity index (χ2n) is 4.16. The molecule has 2 N–H and O–H groups in total. The minimum absolute atomic E-state index is 0.367. The van der Waals surface area contributed by atoms with Crippen molar-refractivity contribution in [2.75, 3.05) is 23.7 Å². The van der Waals surface area contributed by atoms with E-state index in [1.54, 1.807) is 6.20 Å². The third kappa shape index (κ3) is 2.37. The summed E-state index contributed by atoms with van der Waals surface area (Å²) in [5.74, 6) is 2.17. The Kier molecular flexibility index (Phi) is 3.04. The van der Waals surface area contributed by atoms with E-state index in [9.17, 15) is 0 Å². The van der Waals surface area contributed by atoms with Crippen molar-refractivity contribution in [2.45, 2.75) is 26.2 Å². The van der Waals surface area contributed by atoms with Gasteiger partial charge in [-0.05, 0) is 24.8 Å². The van der Waals surface area contributed by atoms with Gasteiger partial charge in [-0.2, -0.15) is 4.98 Å². The largest absolute Gasteiger partial charge is 0.368 e. The van der Waals surface area contributed by atoms with Gasteiger partial charge < -0.3 is 10.6 Å². The molecular weight excluding hydrogens is 188 g/mol. The van der Waals surface area contributed by atoms with E-state index in [0.717, 1.165) is 24.8 Å². The minimum Gasteiger partial charge on any atom is -0.368 e. The van der Waals surface area contributed by atoms with E-state index in [4.69, 9.17) is 5.73 Å². The van der Waals surface area contributed by atoms with Crippen LogP contribution in [0.15, 0.2) is 12.3 Å². The third-order valence-corrected chi connectivity index (χ3v) is 2.97. The molecule has 4 heteroatoms. The lowest BCUT2D eigenvalue weighted by molar-refractivity contribution is 0.529. The molecule has 15 heavy (non-hydrogen) atoms. The van der Waals surface area contributed by atoms with E-state index in [-0.39, 0.29) is 0 Å². The Morgan fingerprint density at radius 3 is 3.20 bits per heavy atom. The molecule has 1 fully saturated rings. The monoisotopic (exact) mass is 206 g/mol. The van der Waals surface area contributed by atoms with E-state index in [2.05, 4.69) is 21.8 Å². The van der Waals surface area contributed by atoms with Gasteiger partial charge in [0, 0.05) is 19.3 Å². The highest BCUT2D eigenvalue weighted by Gasteiger charge is 2.22.